The maximum atomic E-state index is 12.9. The summed E-state index contributed by atoms with van der Waals surface area (Å²) >= 11 is 0. The third-order valence-electron chi connectivity index (χ3n) is 5.77. The molecule has 1 saturated heterocycles. The van der Waals surface area contributed by atoms with Crippen LogP contribution in [0.15, 0.2) is 53.3 Å². The average molecular weight is 351 g/mol. The fraction of sp³-hybridized carbons (Fsp3) is 0.381. The van der Waals surface area contributed by atoms with E-state index in [4.69, 9.17) is 4.42 Å². The monoisotopic (exact) mass is 351 g/mol. The SMILES string of the molecule is O=C1CC2CCN(C(=O)c3ccoc3)CC(c3ccccc3)C2CC1=O. The van der Waals surface area contributed by atoms with Crippen LogP contribution in [-0.4, -0.2) is 35.5 Å². The largest absolute Gasteiger partial charge is 0.472 e. The summed E-state index contributed by atoms with van der Waals surface area (Å²) in [6, 6.07) is 11.7. The standard InChI is InChI=1S/C21H21NO4/c23-19-10-15-6-8-22(21(25)16-7-9-26-13-16)12-18(17(15)11-20(19)24)14-4-2-1-3-5-14/h1-5,7,9,13,15,17-18H,6,8,10-12H2. The molecule has 1 amide bonds. The highest BCUT2D eigenvalue weighted by atomic mass is 16.3. The molecule has 0 radical (unpaired) electrons. The molecule has 5 heteroatoms. The predicted molar refractivity (Wildman–Crippen MR) is 94.6 cm³/mol. The van der Waals surface area contributed by atoms with Crippen LogP contribution in [0, 0.1) is 11.8 Å². The van der Waals surface area contributed by atoms with Gasteiger partial charge >= 0.3 is 0 Å². The van der Waals surface area contributed by atoms with E-state index >= 15 is 0 Å². The third kappa shape index (κ3) is 3.09. The van der Waals surface area contributed by atoms with Crippen LogP contribution in [0.5, 0.6) is 0 Å². The molecule has 0 spiro atoms. The molecule has 1 saturated carbocycles. The Morgan fingerprint density at radius 2 is 1.81 bits per heavy atom. The Kier molecular flexibility index (Phi) is 4.45. The first-order valence-corrected chi connectivity index (χ1v) is 9.06. The van der Waals surface area contributed by atoms with Gasteiger partial charge in [0.25, 0.3) is 5.91 Å². The Morgan fingerprint density at radius 1 is 1.04 bits per heavy atom. The molecule has 2 aromatic rings. The molecule has 1 aromatic carbocycles. The molecule has 0 N–H and O–H groups in total. The van der Waals surface area contributed by atoms with Crippen LogP contribution < -0.4 is 0 Å². The zero-order valence-electron chi connectivity index (χ0n) is 14.5. The quantitative estimate of drug-likeness (QED) is 0.780. The van der Waals surface area contributed by atoms with Gasteiger partial charge in [0.15, 0.2) is 11.6 Å². The van der Waals surface area contributed by atoms with Crippen molar-refractivity contribution >= 4 is 17.5 Å². The normalized spacial score (nSPS) is 26.3. The van der Waals surface area contributed by atoms with E-state index in [1.54, 1.807) is 6.07 Å². The summed E-state index contributed by atoms with van der Waals surface area (Å²) in [5, 5.41) is 0. The Hall–Kier alpha value is -2.69. The van der Waals surface area contributed by atoms with E-state index in [1.807, 2.05) is 23.1 Å². The lowest BCUT2D eigenvalue weighted by Crippen LogP contribution is -2.37. The number of carbonyl (C=O) groups excluding carboxylic acids is 3. The highest BCUT2D eigenvalue weighted by molar-refractivity contribution is 6.37. The number of Topliss-reactive ketones (excluding diaryl/α,β-unsaturated/α-hetero) is 2. The van der Waals surface area contributed by atoms with Crippen LogP contribution in [0.1, 0.15) is 41.1 Å². The van der Waals surface area contributed by atoms with Crippen molar-refractivity contribution in [3.63, 3.8) is 0 Å². The number of fused-ring (bicyclic) bond motifs is 1. The second-order valence-electron chi connectivity index (χ2n) is 7.25. The second kappa shape index (κ2) is 6.90. The molecule has 5 nitrogen and oxygen atoms in total. The molecule has 2 heterocycles. The number of hydrogen-bond donors (Lipinski definition) is 0. The van der Waals surface area contributed by atoms with Crippen LogP contribution in [0.4, 0.5) is 0 Å². The predicted octanol–water partition coefficient (Wildman–Crippen LogP) is 3.07. The van der Waals surface area contributed by atoms with Crippen molar-refractivity contribution in [2.75, 3.05) is 13.1 Å². The van der Waals surface area contributed by atoms with E-state index in [1.165, 1.54) is 12.5 Å². The molecule has 1 aliphatic heterocycles. The van der Waals surface area contributed by atoms with E-state index in [-0.39, 0.29) is 41.6 Å². The minimum atomic E-state index is -0.262. The zero-order chi connectivity index (χ0) is 18.1. The molecule has 4 rings (SSSR count). The van der Waals surface area contributed by atoms with Crippen molar-refractivity contribution in [1.82, 2.24) is 4.90 Å². The molecule has 134 valence electrons. The van der Waals surface area contributed by atoms with Crippen molar-refractivity contribution in [3.05, 3.63) is 60.1 Å². The van der Waals surface area contributed by atoms with Gasteiger partial charge in [-0.05, 0) is 29.9 Å². The van der Waals surface area contributed by atoms with Crippen LogP contribution in [0.3, 0.4) is 0 Å². The number of ketones is 2. The number of carbonyl (C=O) groups is 3. The van der Waals surface area contributed by atoms with Gasteiger partial charge in [-0.1, -0.05) is 30.3 Å². The van der Waals surface area contributed by atoms with Gasteiger partial charge in [0.05, 0.1) is 11.8 Å². The first-order chi connectivity index (χ1) is 12.6. The number of furan rings is 1. The average Bonchev–Trinajstić information content (AvgIpc) is 3.13. The number of benzene rings is 1. The van der Waals surface area contributed by atoms with Gasteiger partial charge in [0.2, 0.25) is 0 Å². The molecule has 3 atom stereocenters. The summed E-state index contributed by atoms with van der Waals surface area (Å²) in [6.07, 6.45) is 4.30. The van der Waals surface area contributed by atoms with Gasteiger partial charge < -0.3 is 9.32 Å². The van der Waals surface area contributed by atoms with E-state index in [0.29, 0.717) is 25.1 Å². The summed E-state index contributed by atoms with van der Waals surface area (Å²) < 4.78 is 5.06. The number of hydrogen-bond acceptors (Lipinski definition) is 4. The zero-order valence-corrected chi connectivity index (χ0v) is 14.5. The van der Waals surface area contributed by atoms with Crippen molar-refractivity contribution in [1.29, 1.82) is 0 Å². The molecule has 1 aliphatic carbocycles. The lowest BCUT2D eigenvalue weighted by molar-refractivity contribution is -0.140. The fourth-order valence-corrected chi connectivity index (χ4v) is 4.38. The molecular weight excluding hydrogens is 330 g/mol. The summed E-state index contributed by atoms with van der Waals surface area (Å²) in [4.78, 5) is 38.8. The maximum Gasteiger partial charge on any atom is 0.257 e. The topological polar surface area (TPSA) is 67.6 Å². The van der Waals surface area contributed by atoms with Crippen molar-refractivity contribution < 1.29 is 18.8 Å². The summed E-state index contributed by atoms with van der Waals surface area (Å²) in [7, 11) is 0. The van der Waals surface area contributed by atoms with Crippen molar-refractivity contribution in [3.8, 4) is 0 Å². The van der Waals surface area contributed by atoms with Gasteiger partial charge in [-0.2, -0.15) is 0 Å². The number of nitrogens with zero attached hydrogens (tertiary/aromatic N) is 1. The molecular formula is C21H21NO4. The Morgan fingerprint density at radius 3 is 2.54 bits per heavy atom. The molecule has 2 fully saturated rings. The van der Waals surface area contributed by atoms with Gasteiger partial charge in [-0.3, -0.25) is 14.4 Å². The van der Waals surface area contributed by atoms with Crippen LogP contribution in [0.2, 0.25) is 0 Å². The van der Waals surface area contributed by atoms with Crippen LogP contribution >= 0.6 is 0 Å². The van der Waals surface area contributed by atoms with Crippen molar-refractivity contribution in [2.45, 2.75) is 25.2 Å². The second-order valence-corrected chi connectivity index (χ2v) is 7.25. The molecule has 0 bridgehead atoms. The highest BCUT2D eigenvalue weighted by Gasteiger charge is 2.42. The smallest absolute Gasteiger partial charge is 0.257 e. The summed E-state index contributed by atoms with van der Waals surface area (Å²) in [6.45, 7) is 1.15. The van der Waals surface area contributed by atoms with Gasteiger partial charge in [0.1, 0.15) is 6.26 Å². The third-order valence-corrected chi connectivity index (χ3v) is 5.77. The van der Waals surface area contributed by atoms with E-state index < -0.39 is 0 Å². The number of likely N-dealkylation sites (tertiary alicyclic amines) is 1. The first-order valence-electron chi connectivity index (χ1n) is 9.06. The van der Waals surface area contributed by atoms with E-state index in [0.717, 1.165) is 12.0 Å². The Bertz CT molecular complexity index is 812. The lowest BCUT2D eigenvalue weighted by Gasteiger charge is -2.34. The molecule has 3 unspecified atom stereocenters. The van der Waals surface area contributed by atoms with E-state index in [2.05, 4.69) is 12.1 Å². The molecule has 1 aromatic heterocycles. The fourth-order valence-electron chi connectivity index (χ4n) is 4.38. The van der Waals surface area contributed by atoms with Gasteiger partial charge in [-0.15, -0.1) is 0 Å². The number of rotatable bonds is 2. The van der Waals surface area contributed by atoms with Crippen LogP contribution in [0.25, 0.3) is 0 Å². The summed E-state index contributed by atoms with van der Waals surface area (Å²) in [5.41, 5.74) is 1.66. The number of amides is 1. The van der Waals surface area contributed by atoms with Gasteiger partial charge in [-0.25, -0.2) is 0 Å². The first kappa shape index (κ1) is 16.8. The minimum Gasteiger partial charge on any atom is -0.472 e. The van der Waals surface area contributed by atoms with E-state index in [9.17, 15) is 14.4 Å². The lowest BCUT2D eigenvalue weighted by atomic mass is 9.69. The van der Waals surface area contributed by atoms with Gasteiger partial charge in [0, 0.05) is 31.8 Å². The minimum absolute atomic E-state index is 0.0524. The Labute approximate surface area is 152 Å². The Balaban J connectivity index is 1.67. The van der Waals surface area contributed by atoms with Crippen LogP contribution in [-0.2, 0) is 9.59 Å². The highest BCUT2D eigenvalue weighted by Crippen LogP contribution is 2.42. The summed E-state index contributed by atoms with van der Waals surface area (Å²) in [5.74, 6) is -0.278. The maximum absolute atomic E-state index is 12.9. The van der Waals surface area contributed by atoms with Crippen molar-refractivity contribution in [2.24, 2.45) is 11.8 Å². The molecule has 2 aliphatic rings. The molecule has 26 heavy (non-hydrogen) atoms.